The van der Waals surface area contributed by atoms with Crippen LogP contribution in [0, 0.1) is 6.92 Å². The number of hydrogen-bond acceptors (Lipinski definition) is 3. The van der Waals surface area contributed by atoms with Gasteiger partial charge in [-0.1, -0.05) is 0 Å². The third kappa shape index (κ3) is 2.86. The van der Waals surface area contributed by atoms with Crippen LogP contribution in [0.15, 0.2) is 30.5 Å². The number of aliphatic carboxylic acids is 1. The number of carbonyl (C=O) groups is 1. The van der Waals surface area contributed by atoms with Gasteiger partial charge in [-0.2, -0.15) is 0 Å². The Morgan fingerprint density at radius 2 is 2.09 bits per heavy atom. The van der Waals surface area contributed by atoms with Crippen LogP contribution in [0.4, 0.5) is 0 Å². The molecule has 0 spiro atoms. The number of fused-ring (bicyclic) bond motifs is 3. The number of pyridine rings is 1. The Hall–Kier alpha value is -2.56. The van der Waals surface area contributed by atoms with E-state index < -0.39 is 5.97 Å². The number of benzene rings is 1. The molecule has 0 radical (unpaired) electrons. The van der Waals surface area contributed by atoms with Gasteiger partial charge in [0.2, 0.25) is 0 Å². The van der Waals surface area contributed by atoms with Crippen molar-refractivity contribution in [2.75, 3.05) is 7.11 Å². The fourth-order valence-corrected chi connectivity index (χ4v) is 3.10. The normalized spacial score (nSPS) is 11.2. The minimum Gasteiger partial charge on any atom is -0.497 e. The highest BCUT2D eigenvalue weighted by atomic mass is 16.5. The average Bonchev–Trinajstić information content (AvgIpc) is 2.86. The molecule has 23 heavy (non-hydrogen) atoms. The first-order chi connectivity index (χ1) is 11.1. The zero-order chi connectivity index (χ0) is 16.4. The molecule has 0 bridgehead atoms. The van der Waals surface area contributed by atoms with Crippen LogP contribution >= 0.6 is 0 Å². The predicted molar refractivity (Wildman–Crippen MR) is 90.0 cm³/mol. The monoisotopic (exact) mass is 312 g/mol. The maximum absolute atomic E-state index is 10.7. The second kappa shape index (κ2) is 6.28. The molecule has 0 fully saturated rings. The van der Waals surface area contributed by atoms with Crippen LogP contribution in [0.2, 0.25) is 0 Å². The molecule has 0 unspecified atom stereocenters. The van der Waals surface area contributed by atoms with Crippen molar-refractivity contribution in [3.63, 3.8) is 0 Å². The lowest BCUT2D eigenvalue weighted by molar-refractivity contribution is -0.137. The number of rotatable bonds is 6. The summed E-state index contributed by atoms with van der Waals surface area (Å²) in [6, 6.07) is 8.10. The summed E-state index contributed by atoms with van der Waals surface area (Å²) in [4.78, 5) is 15.1. The highest BCUT2D eigenvalue weighted by molar-refractivity contribution is 6.09. The van der Waals surface area contributed by atoms with Crippen LogP contribution in [0.1, 0.15) is 25.0 Å². The van der Waals surface area contributed by atoms with Crippen molar-refractivity contribution in [2.45, 2.75) is 32.7 Å². The molecule has 0 amide bonds. The quantitative estimate of drug-likeness (QED) is 0.704. The lowest BCUT2D eigenvalue weighted by Gasteiger charge is -2.09. The van der Waals surface area contributed by atoms with Crippen molar-refractivity contribution >= 4 is 27.8 Å². The van der Waals surface area contributed by atoms with Gasteiger partial charge in [-0.25, -0.2) is 0 Å². The molecule has 0 aliphatic heterocycles. The number of nitrogens with zero attached hydrogens (tertiary/aromatic N) is 2. The van der Waals surface area contributed by atoms with E-state index in [9.17, 15) is 4.79 Å². The third-order valence-electron chi connectivity index (χ3n) is 4.19. The molecule has 0 aliphatic rings. The summed E-state index contributed by atoms with van der Waals surface area (Å²) in [7, 11) is 1.66. The van der Waals surface area contributed by atoms with Crippen molar-refractivity contribution in [3.8, 4) is 5.75 Å². The zero-order valence-electron chi connectivity index (χ0n) is 13.4. The molecule has 3 aromatic rings. The number of aryl methyl sites for hydroxylation is 2. The number of unbranched alkanes of at least 4 members (excludes halogenated alkanes) is 1. The van der Waals surface area contributed by atoms with Crippen LogP contribution < -0.4 is 4.74 Å². The molecular weight excluding hydrogens is 292 g/mol. The van der Waals surface area contributed by atoms with Gasteiger partial charge >= 0.3 is 5.97 Å². The summed E-state index contributed by atoms with van der Waals surface area (Å²) in [5.74, 6) is 0.0736. The zero-order valence-corrected chi connectivity index (χ0v) is 13.4. The highest BCUT2D eigenvalue weighted by Crippen LogP contribution is 2.32. The summed E-state index contributed by atoms with van der Waals surface area (Å²) in [5.41, 5.74) is 3.20. The van der Waals surface area contributed by atoms with Crippen molar-refractivity contribution in [3.05, 3.63) is 36.2 Å². The SMILES string of the molecule is COc1ccc2c3ccnc(C)c3n(CCCCC(=O)O)c2c1. The Balaban J connectivity index is 2.08. The van der Waals surface area contributed by atoms with E-state index >= 15 is 0 Å². The predicted octanol–water partition coefficient (Wildman–Crippen LogP) is 3.76. The second-order valence-corrected chi connectivity index (χ2v) is 5.68. The maximum atomic E-state index is 10.7. The van der Waals surface area contributed by atoms with Crippen LogP contribution in [0.3, 0.4) is 0 Å². The molecule has 2 heterocycles. The van der Waals surface area contributed by atoms with E-state index in [1.54, 1.807) is 7.11 Å². The van der Waals surface area contributed by atoms with Gasteiger partial charge in [-0.15, -0.1) is 0 Å². The molecule has 1 aromatic carbocycles. The molecule has 0 saturated heterocycles. The van der Waals surface area contributed by atoms with Gasteiger partial charge in [0.1, 0.15) is 5.75 Å². The van der Waals surface area contributed by atoms with Gasteiger partial charge in [0.05, 0.1) is 23.8 Å². The fourth-order valence-electron chi connectivity index (χ4n) is 3.10. The highest BCUT2D eigenvalue weighted by Gasteiger charge is 2.13. The Labute approximate surface area is 134 Å². The van der Waals surface area contributed by atoms with E-state index in [0.29, 0.717) is 6.42 Å². The molecule has 1 N–H and O–H groups in total. The minimum absolute atomic E-state index is 0.206. The Bertz CT molecular complexity index is 867. The number of carboxylic acid groups (broad SMARTS) is 1. The van der Waals surface area contributed by atoms with Gasteiger partial charge < -0.3 is 14.4 Å². The van der Waals surface area contributed by atoms with Crippen molar-refractivity contribution in [1.82, 2.24) is 9.55 Å². The van der Waals surface area contributed by atoms with Crippen LogP contribution in [0.5, 0.6) is 5.75 Å². The lowest BCUT2D eigenvalue weighted by Crippen LogP contribution is -2.01. The van der Waals surface area contributed by atoms with Gasteiger partial charge in [0.15, 0.2) is 0 Å². The summed E-state index contributed by atoms with van der Waals surface area (Å²) >= 11 is 0. The maximum Gasteiger partial charge on any atom is 0.303 e. The Morgan fingerprint density at radius 3 is 2.83 bits per heavy atom. The molecule has 5 nitrogen and oxygen atoms in total. The standard InChI is InChI=1S/C18H20N2O3/c1-12-18-15(8-9-19-12)14-7-6-13(23-2)11-16(14)20(18)10-4-3-5-17(21)22/h6-9,11H,3-5,10H2,1-2H3,(H,21,22). The van der Waals surface area contributed by atoms with E-state index in [1.807, 2.05) is 31.3 Å². The van der Waals surface area contributed by atoms with Gasteiger partial charge in [-0.3, -0.25) is 9.78 Å². The van der Waals surface area contributed by atoms with Crippen LogP contribution in [-0.2, 0) is 11.3 Å². The lowest BCUT2D eigenvalue weighted by atomic mass is 10.1. The van der Waals surface area contributed by atoms with E-state index in [4.69, 9.17) is 9.84 Å². The molecule has 0 saturated carbocycles. The fraction of sp³-hybridized carbons (Fsp3) is 0.333. The molecule has 3 rings (SSSR count). The van der Waals surface area contributed by atoms with Gasteiger partial charge in [-0.05, 0) is 38.0 Å². The smallest absolute Gasteiger partial charge is 0.303 e. The number of carboxylic acids is 1. The molecule has 0 atom stereocenters. The molecule has 120 valence electrons. The largest absolute Gasteiger partial charge is 0.497 e. The van der Waals surface area contributed by atoms with Crippen LogP contribution in [-0.4, -0.2) is 27.7 Å². The van der Waals surface area contributed by atoms with Gasteiger partial charge in [0, 0.05) is 36.0 Å². The van der Waals surface area contributed by atoms with E-state index in [-0.39, 0.29) is 6.42 Å². The molecule has 0 aliphatic carbocycles. The van der Waals surface area contributed by atoms with Crippen molar-refractivity contribution in [2.24, 2.45) is 0 Å². The summed E-state index contributed by atoms with van der Waals surface area (Å²) in [5, 5.41) is 11.1. The minimum atomic E-state index is -0.744. The first-order valence-corrected chi connectivity index (χ1v) is 7.75. The Morgan fingerprint density at radius 1 is 1.26 bits per heavy atom. The van der Waals surface area contributed by atoms with Crippen LogP contribution in [0.25, 0.3) is 21.8 Å². The van der Waals surface area contributed by atoms with Crippen molar-refractivity contribution in [1.29, 1.82) is 0 Å². The molecule has 5 heteroatoms. The van der Waals surface area contributed by atoms with E-state index in [1.165, 1.54) is 10.8 Å². The number of ether oxygens (including phenoxy) is 1. The molecule has 2 aromatic heterocycles. The first-order valence-electron chi connectivity index (χ1n) is 7.75. The third-order valence-corrected chi connectivity index (χ3v) is 4.19. The number of aromatic nitrogens is 2. The first kappa shape index (κ1) is 15.3. The number of methoxy groups -OCH3 is 1. The average molecular weight is 312 g/mol. The number of hydrogen-bond donors (Lipinski definition) is 1. The van der Waals surface area contributed by atoms with Crippen molar-refractivity contribution < 1.29 is 14.6 Å². The Kier molecular flexibility index (Phi) is 4.19. The topological polar surface area (TPSA) is 64.4 Å². The van der Waals surface area contributed by atoms with E-state index in [2.05, 4.69) is 15.6 Å². The summed E-state index contributed by atoms with van der Waals surface area (Å²) < 4.78 is 7.59. The molecular formula is C18H20N2O3. The second-order valence-electron chi connectivity index (χ2n) is 5.68. The van der Waals surface area contributed by atoms with Gasteiger partial charge in [0.25, 0.3) is 0 Å². The summed E-state index contributed by atoms with van der Waals surface area (Å²) in [6.45, 7) is 2.78. The summed E-state index contributed by atoms with van der Waals surface area (Å²) in [6.07, 6.45) is 3.52. The van der Waals surface area contributed by atoms with E-state index in [0.717, 1.165) is 35.4 Å².